The first-order valence-electron chi connectivity index (χ1n) is 7.39. The van der Waals surface area contributed by atoms with Crippen LogP contribution in [0.2, 0.25) is 0 Å². The molecule has 1 saturated carbocycles. The van der Waals surface area contributed by atoms with Gasteiger partial charge in [0.2, 0.25) is 0 Å². The molecule has 0 amide bonds. The Morgan fingerprint density at radius 1 is 1.16 bits per heavy atom. The van der Waals surface area contributed by atoms with E-state index in [1.165, 1.54) is 18.4 Å². The number of hydrogen-bond acceptors (Lipinski definition) is 2. The molecule has 1 aliphatic rings. The fraction of sp³-hybridized carbons (Fsp3) is 0.588. The number of Topliss-reactive ketones (excluding diaryl/α,β-unsaturated/α-hetero) is 1. The van der Waals surface area contributed by atoms with Gasteiger partial charge < -0.3 is 9.53 Å². The van der Waals surface area contributed by atoms with Gasteiger partial charge in [0.05, 0.1) is 12.7 Å². The topological polar surface area (TPSA) is 26.3 Å². The predicted octanol–water partition coefficient (Wildman–Crippen LogP) is 4.13. The smallest absolute Gasteiger partial charge is 0.129 e. The van der Waals surface area contributed by atoms with Gasteiger partial charge in [-0.25, -0.2) is 0 Å². The van der Waals surface area contributed by atoms with Gasteiger partial charge in [-0.15, -0.1) is 0 Å². The van der Waals surface area contributed by atoms with E-state index in [1.807, 2.05) is 6.07 Å². The fourth-order valence-electron chi connectivity index (χ4n) is 2.78. The van der Waals surface area contributed by atoms with E-state index in [9.17, 15) is 4.79 Å². The Balaban J connectivity index is 1.65. The average Bonchev–Trinajstić information content (AvgIpc) is 2.45. The Bertz CT molecular complexity index is 378. The maximum absolute atomic E-state index is 11.0. The lowest BCUT2D eigenvalue weighted by molar-refractivity contribution is -0.117. The molecule has 0 unspecified atom stereocenters. The first kappa shape index (κ1) is 14.3. The van der Waals surface area contributed by atoms with Crippen molar-refractivity contribution in [2.75, 3.05) is 0 Å². The van der Waals surface area contributed by atoms with Crippen molar-refractivity contribution in [3.05, 3.63) is 35.9 Å². The van der Waals surface area contributed by atoms with Gasteiger partial charge in [-0.05, 0) is 50.5 Å². The molecule has 2 nitrogen and oxygen atoms in total. The monoisotopic (exact) mass is 260 g/mol. The number of ether oxygens (including phenoxy) is 1. The van der Waals surface area contributed by atoms with Crippen LogP contribution < -0.4 is 0 Å². The van der Waals surface area contributed by atoms with Crippen molar-refractivity contribution in [3.8, 4) is 0 Å². The maximum atomic E-state index is 11.0. The molecule has 2 rings (SSSR count). The van der Waals surface area contributed by atoms with Crippen LogP contribution in [-0.2, 0) is 16.1 Å². The van der Waals surface area contributed by atoms with E-state index in [0.29, 0.717) is 11.9 Å². The van der Waals surface area contributed by atoms with E-state index in [-0.39, 0.29) is 0 Å². The summed E-state index contributed by atoms with van der Waals surface area (Å²) in [6, 6.07) is 10.4. The van der Waals surface area contributed by atoms with Crippen LogP contribution in [0.3, 0.4) is 0 Å². The van der Waals surface area contributed by atoms with Gasteiger partial charge >= 0.3 is 0 Å². The van der Waals surface area contributed by atoms with Crippen molar-refractivity contribution in [1.29, 1.82) is 0 Å². The van der Waals surface area contributed by atoms with Crippen LogP contribution in [0, 0.1) is 5.92 Å². The Morgan fingerprint density at radius 2 is 1.84 bits per heavy atom. The number of carbonyl (C=O) groups excluding carboxylic acids is 1. The summed E-state index contributed by atoms with van der Waals surface area (Å²) in [5.41, 5.74) is 1.25. The Labute approximate surface area is 116 Å². The second-order valence-corrected chi connectivity index (χ2v) is 5.68. The third-order valence-electron chi connectivity index (χ3n) is 4.03. The molecule has 1 aliphatic carbocycles. The number of rotatable bonds is 6. The molecule has 0 radical (unpaired) electrons. The highest BCUT2D eigenvalue weighted by Crippen LogP contribution is 2.29. The molecule has 0 aromatic heterocycles. The summed E-state index contributed by atoms with van der Waals surface area (Å²) >= 11 is 0. The second-order valence-electron chi connectivity index (χ2n) is 5.68. The van der Waals surface area contributed by atoms with E-state index >= 15 is 0 Å². The van der Waals surface area contributed by atoms with E-state index in [1.54, 1.807) is 6.92 Å². The normalized spacial score (nSPS) is 23.2. The van der Waals surface area contributed by atoms with Gasteiger partial charge in [0.25, 0.3) is 0 Å². The van der Waals surface area contributed by atoms with Crippen molar-refractivity contribution in [3.63, 3.8) is 0 Å². The number of ketones is 1. The van der Waals surface area contributed by atoms with Crippen molar-refractivity contribution >= 4 is 5.78 Å². The fourth-order valence-corrected chi connectivity index (χ4v) is 2.78. The number of carbonyl (C=O) groups is 1. The van der Waals surface area contributed by atoms with Crippen LogP contribution >= 0.6 is 0 Å². The van der Waals surface area contributed by atoms with Crippen LogP contribution in [0.25, 0.3) is 0 Å². The van der Waals surface area contributed by atoms with Crippen LogP contribution in [0.1, 0.15) is 51.0 Å². The summed E-state index contributed by atoms with van der Waals surface area (Å²) < 4.78 is 5.98. The van der Waals surface area contributed by atoms with Crippen molar-refractivity contribution in [1.82, 2.24) is 0 Å². The zero-order chi connectivity index (χ0) is 13.5. The first-order chi connectivity index (χ1) is 9.24. The van der Waals surface area contributed by atoms with Crippen molar-refractivity contribution < 1.29 is 9.53 Å². The van der Waals surface area contributed by atoms with E-state index in [2.05, 4.69) is 24.3 Å². The standard InChI is InChI=1S/C17H24O2/c1-14(18)7-8-15-9-11-17(12-10-15)19-13-16-5-3-2-4-6-16/h2-6,15,17H,7-13H2,1H3. The van der Waals surface area contributed by atoms with Gasteiger partial charge in [-0.2, -0.15) is 0 Å². The maximum Gasteiger partial charge on any atom is 0.129 e. The average molecular weight is 260 g/mol. The molecule has 2 heteroatoms. The number of hydrogen-bond donors (Lipinski definition) is 0. The van der Waals surface area contributed by atoms with Gasteiger partial charge in [0.1, 0.15) is 5.78 Å². The SMILES string of the molecule is CC(=O)CCC1CCC(OCc2ccccc2)CC1. The minimum Gasteiger partial charge on any atom is -0.374 e. The molecular formula is C17H24O2. The summed E-state index contributed by atoms with van der Waals surface area (Å²) in [6.07, 6.45) is 6.96. The zero-order valence-electron chi connectivity index (χ0n) is 11.8. The van der Waals surface area contributed by atoms with Crippen molar-refractivity contribution in [2.24, 2.45) is 5.92 Å². The molecule has 1 aromatic carbocycles. The molecule has 0 bridgehead atoms. The zero-order valence-corrected chi connectivity index (χ0v) is 11.8. The molecule has 104 valence electrons. The second kappa shape index (κ2) is 7.44. The minimum absolute atomic E-state index is 0.322. The highest BCUT2D eigenvalue weighted by molar-refractivity contribution is 5.75. The van der Waals surface area contributed by atoms with Gasteiger partial charge in [0.15, 0.2) is 0 Å². The summed E-state index contributed by atoms with van der Waals surface area (Å²) in [5.74, 6) is 1.06. The lowest BCUT2D eigenvalue weighted by atomic mass is 9.84. The third-order valence-corrected chi connectivity index (χ3v) is 4.03. The molecule has 19 heavy (non-hydrogen) atoms. The first-order valence-corrected chi connectivity index (χ1v) is 7.39. The minimum atomic E-state index is 0.322. The molecule has 1 fully saturated rings. The predicted molar refractivity (Wildman–Crippen MR) is 76.9 cm³/mol. The van der Waals surface area contributed by atoms with Gasteiger partial charge in [-0.1, -0.05) is 30.3 Å². The Morgan fingerprint density at radius 3 is 2.47 bits per heavy atom. The lowest BCUT2D eigenvalue weighted by Gasteiger charge is -2.28. The van der Waals surface area contributed by atoms with E-state index in [4.69, 9.17) is 4.74 Å². The molecule has 0 heterocycles. The van der Waals surface area contributed by atoms with Crippen LogP contribution in [-0.4, -0.2) is 11.9 Å². The molecule has 0 N–H and O–H groups in total. The third kappa shape index (κ3) is 5.15. The summed E-state index contributed by atoms with van der Waals surface area (Å²) in [5, 5.41) is 0. The molecule has 0 atom stereocenters. The van der Waals surface area contributed by atoms with Gasteiger partial charge in [-0.3, -0.25) is 0 Å². The Kier molecular flexibility index (Phi) is 5.59. The largest absolute Gasteiger partial charge is 0.374 e. The van der Waals surface area contributed by atoms with Crippen LogP contribution in [0.15, 0.2) is 30.3 Å². The highest BCUT2D eigenvalue weighted by atomic mass is 16.5. The summed E-state index contributed by atoms with van der Waals surface area (Å²) in [6.45, 7) is 2.41. The molecular weight excluding hydrogens is 236 g/mol. The Hall–Kier alpha value is -1.15. The summed E-state index contributed by atoms with van der Waals surface area (Å²) in [4.78, 5) is 11.0. The van der Waals surface area contributed by atoms with E-state index < -0.39 is 0 Å². The van der Waals surface area contributed by atoms with E-state index in [0.717, 1.165) is 38.2 Å². The summed E-state index contributed by atoms with van der Waals surface area (Å²) in [7, 11) is 0. The number of benzene rings is 1. The van der Waals surface area contributed by atoms with Crippen LogP contribution in [0.5, 0.6) is 0 Å². The molecule has 0 saturated heterocycles. The highest BCUT2D eigenvalue weighted by Gasteiger charge is 2.21. The van der Waals surface area contributed by atoms with Crippen LogP contribution in [0.4, 0.5) is 0 Å². The van der Waals surface area contributed by atoms with Crippen molar-refractivity contribution in [2.45, 2.75) is 58.2 Å². The molecule has 0 aliphatic heterocycles. The lowest BCUT2D eigenvalue weighted by Crippen LogP contribution is -2.22. The molecule has 1 aromatic rings. The quantitative estimate of drug-likeness (QED) is 0.768. The van der Waals surface area contributed by atoms with Gasteiger partial charge in [0, 0.05) is 6.42 Å². The molecule has 0 spiro atoms.